The smallest absolute Gasteiger partial charge is 0.0462 e. The molecule has 0 bridgehead atoms. The van der Waals surface area contributed by atoms with Crippen LogP contribution in [0.4, 0.5) is 0 Å². The predicted octanol–water partition coefficient (Wildman–Crippen LogP) is 4.67. The van der Waals surface area contributed by atoms with Crippen LogP contribution in [0.1, 0.15) is 66.2 Å². The van der Waals surface area contributed by atoms with Crippen LogP contribution < -0.4 is 0 Å². The van der Waals surface area contributed by atoms with Gasteiger partial charge in [0.05, 0.1) is 0 Å². The summed E-state index contributed by atoms with van der Waals surface area (Å²) in [5.74, 6) is 0. The third-order valence-electron chi connectivity index (χ3n) is 2.45. The van der Waals surface area contributed by atoms with Crippen molar-refractivity contribution in [2.75, 3.05) is 27.4 Å². The zero-order valence-corrected chi connectivity index (χ0v) is 9.89. The Morgan fingerprint density at radius 3 is 1.00 bits per heavy atom. The van der Waals surface area contributed by atoms with E-state index in [0.29, 0.717) is 0 Å². The first-order valence-corrected chi connectivity index (χ1v) is 5.89. The van der Waals surface area contributed by atoms with Crippen LogP contribution in [0, 0.1) is 0 Å². The molecule has 16 heavy (non-hydrogen) atoms. The molecule has 0 saturated heterocycles. The summed E-state index contributed by atoms with van der Waals surface area (Å²) >= 11 is 0. The van der Waals surface area contributed by atoms with Crippen molar-refractivity contribution in [2.24, 2.45) is 0 Å². The summed E-state index contributed by atoms with van der Waals surface area (Å²) in [5, 5.41) is 0. The normalized spacial score (nSPS) is 9.38. The fourth-order valence-electron chi connectivity index (χ4n) is 1.55. The van der Waals surface area contributed by atoms with Crippen LogP contribution in [0.25, 0.3) is 0 Å². The van der Waals surface area contributed by atoms with Crippen LogP contribution in [-0.4, -0.2) is 27.4 Å². The fraction of sp³-hybridized carbons (Fsp3) is 1.00. The highest BCUT2D eigenvalue weighted by molar-refractivity contribution is 4.46. The molecule has 0 aromatic heterocycles. The highest BCUT2D eigenvalue weighted by Gasteiger charge is 1.91. The maximum Gasteiger partial charge on any atom is 0.0462 e. The van der Waals surface area contributed by atoms with Gasteiger partial charge < -0.3 is 9.47 Å². The average molecular weight is 234 g/mol. The van der Waals surface area contributed by atoms with E-state index < -0.39 is 0 Å². The molecule has 0 aliphatic rings. The van der Waals surface area contributed by atoms with E-state index in [1.165, 1.54) is 51.4 Å². The SMILES string of the molecule is C.C.COCCCCCCCCCCOC. The van der Waals surface area contributed by atoms with Gasteiger partial charge in [0.25, 0.3) is 0 Å². The van der Waals surface area contributed by atoms with E-state index >= 15 is 0 Å². The molecule has 0 spiro atoms. The van der Waals surface area contributed by atoms with Crippen molar-refractivity contribution in [1.82, 2.24) is 0 Å². The third-order valence-corrected chi connectivity index (χ3v) is 2.45. The lowest BCUT2D eigenvalue weighted by atomic mass is 10.1. The Morgan fingerprint density at radius 1 is 0.500 bits per heavy atom. The van der Waals surface area contributed by atoms with E-state index in [1.54, 1.807) is 14.2 Å². The number of unbranched alkanes of at least 4 members (excludes halogenated alkanes) is 7. The number of methoxy groups -OCH3 is 2. The van der Waals surface area contributed by atoms with Gasteiger partial charge in [0.15, 0.2) is 0 Å². The third kappa shape index (κ3) is 19.5. The van der Waals surface area contributed by atoms with Crippen molar-refractivity contribution in [3.63, 3.8) is 0 Å². The zero-order chi connectivity index (χ0) is 10.5. The van der Waals surface area contributed by atoms with E-state index in [2.05, 4.69) is 0 Å². The van der Waals surface area contributed by atoms with E-state index in [0.717, 1.165) is 13.2 Å². The lowest BCUT2D eigenvalue weighted by Gasteiger charge is -2.01. The summed E-state index contributed by atoms with van der Waals surface area (Å²) in [5.41, 5.74) is 0. The highest BCUT2D eigenvalue weighted by atomic mass is 16.5. The number of hydrogen-bond donors (Lipinski definition) is 0. The first-order valence-electron chi connectivity index (χ1n) is 5.89. The largest absolute Gasteiger partial charge is 0.385 e. The van der Waals surface area contributed by atoms with Crippen molar-refractivity contribution >= 4 is 0 Å². The summed E-state index contributed by atoms with van der Waals surface area (Å²) in [7, 11) is 3.55. The van der Waals surface area contributed by atoms with Gasteiger partial charge in [-0.1, -0.05) is 53.4 Å². The Morgan fingerprint density at radius 2 is 0.750 bits per heavy atom. The zero-order valence-electron chi connectivity index (χ0n) is 9.89. The maximum absolute atomic E-state index is 5.00. The Balaban J connectivity index is -0.000000845. The van der Waals surface area contributed by atoms with Gasteiger partial charge in [-0.3, -0.25) is 0 Å². The molecule has 0 aliphatic heterocycles. The molecule has 0 amide bonds. The van der Waals surface area contributed by atoms with Gasteiger partial charge in [0.1, 0.15) is 0 Å². The second kappa shape index (κ2) is 20.3. The van der Waals surface area contributed by atoms with E-state index in [9.17, 15) is 0 Å². The molecule has 0 radical (unpaired) electrons. The Labute approximate surface area is 104 Å². The molecule has 0 unspecified atom stereocenters. The van der Waals surface area contributed by atoms with Gasteiger partial charge in [-0.05, 0) is 12.8 Å². The molecule has 0 heterocycles. The summed E-state index contributed by atoms with van der Waals surface area (Å²) < 4.78 is 10.00. The molecular formula is C14H34O2. The quantitative estimate of drug-likeness (QED) is 0.484. The van der Waals surface area contributed by atoms with Gasteiger partial charge in [0.2, 0.25) is 0 Å². The van der Waals surface area contributed by atoms with E-state index in [-0.39, 0.29) is 14.9 Å². The topological polar surface area (TPSA) is 18.5 Å². The second-order valence-electron chi connectivity index (χ2n) is 3.81. The van der Waals surface area contributed by atoms with Gasteiger partial charge in [-0.25, -0.2) is 0 Å². The van der Waals surface area contributed by atoms with Crippen LogP contribution >= 0.6 is 0 Å². The molecule has 102 valence electrons. The van der Waals surface area contributed by atoms with Crippen molar-refractivity contribution in [2.45, 2.75) is 66.2 Å². The van der Waals surface area contributed by atoms with Crippen LogP contribution in [-0.2, 0) is 9.47 Å². The summed E-state index contributed by atoms with van der Waals surface area (Å²) in [6.45, 7) is 1.85. The minimum atomic E-state index is 0. The summed E-state index contributed by atoms with van der Waals surface area (Å²) in [4.78, 5) is 0. The standard InChI is InChI=1S/C12H26O2.2CH4/c1-13-11-9-7-5-3-4-6-8-10-12-14-2;;/h3-12H2,1-2H3;2*1H4. The minimum absolute atomic E-state index is 0. The van der Waals surface area contributed by atoms with Crippen molar-refractivity contribution in [3.8, 4) is 0 Å². The monoisotopic (exact) mass is 234 g/mol. The van der Waals surface area contributed by atoms with Crippen molar-refractivity contribution in [3.05, 3.63) is 0 Å². The molecule has 0 saturated carbocycles. The number of hydrogen-bond acceptors (Lipinski definition) is 2. The molecule has 0 fully saturated rings. The van der Waals surface area contributed by atoms with E-state index in [1.807, 2.05) is 0 Å². The molecule has 2 nitrogen and oxygen atoms in total. The highest BCUT2D eigenvalue weighted by Crippen LogP contribution is 2.08. The van der Waals surface area contributed by atoms with Crippen LogP contribution in [0.2, 0.25) is 0 Å². The lowest BCUT2D eigenvalue weighted by molar-refractivity contribution is 0.190. The van der Waals surface area contributed by atoms with Crippen LogP contribution in [0.5, 0.6) is 0 Å². The summed E-state index contributed by atoms with van der Waals surface area (Å²) in [6.07, 6.45) is 10.6. The van der Waals surface area contributed by atoms with Crippen molar-refractivity contribution in [1.29, 1.82) is 0 Å². The Kier molecular flexibility index (Phi) is 27.0. The maximum atomic E-state index is 5.00. The summed E-state index contributed by atoms with van der Waals surface area (Å²) in [6, 6.07) is 0. The molecular weight excluding hydrogens is 200 g/mol. The first-order chi connectivity index (χ1) is 6.91. The molecule has 0 aromatic rings. The van der Waals surface area contributed by atoms with Crippen molar-refractivity contribution < 1.29 is 9.47 Å². The van der Waals surface area contributed by atoms with Gasteiger partial charge in [0, 0.05) is 27.4 Å². The predicted molar refractivity (Wildman–Crippen MR) is 74.2 cm³/mol. The second-order valence-corrected chi connectivity index (χ2v) is 3.81. The number of rotatable bonds is 11. The first kappa shape index (κ1) is 21.2. The minimum Gasteiger partial charge on any atom is -0.385 e. The molecule has 0 aromatic carbocycles. The molecule has 0 aliphatic carbocycles. The van der Waals surface area contributed by atoms with Crippen LogP contribution in [0.3, 0.4) is 0 Å². The van der Waals surface area contributed by atoms with Gasteiger partial charge >= 0.3 is 0 Å². The molecule has 0 atom stereocenters. The molecule has 2 heteroatoms. The van der Waals surface area contributed by atoms with Gasteiger partial charge in [-0.2, -0.15) is 0 Å². The molecule has 0 rings (SSSR count). The van der Waals surface area contributed by atoms with E-state index in [4.69, 9.17) is 9.47 Å². The van der Waals surface area contributed by atoms with Gasteiger partial charge in [-0.15, -0.1) is 0 Å². The number of ether oxygens (including phenoxy) is 2. The Bertz CT molecular complexity index is 82.7. The van der Waals surface area contributed by atoms with Crippen LogP contribution in [0.15, 0.2) is 0 Å². The lowest BCUT2D eigenvalue weighted by Crippen LogP contribution is -1.89. The fourth-order valence-corrected chi connectivity index (χ4v) is 1.55. The Hall–Kier alpha value is -0.0800. The molecule has 0 N–H and O–H groups in total. The average Bonchev–Trinajstić information content (AvgIpc) is 2.21.